The summed E-state index contributed by atoms with van der Waals surface area (Å²) < 4.78 is 4.99. The molecule has 0 spiro atoms. The third kappa shape index (κ3) is 3.08. The average Bonchev–Trinajstić information content (AvgIpc) is 2.54. The van der Waals surface area contributed by atoms with Crippen LogP contribution in [-0.4, -0.2) is 24.5 Å². The molecule has 1 aromatic heterocycles. The molecule has 0 radical (unpaired) electrons. The van der Waals surface area contributed by atoms with Crippen LogP contribution in [0.4, 0.5) is 5.00 Å². The van der Waals surface area contributed by atoms with Crippen LogP contribution >= 0.6 is 11.3 Å². The minimum atomic E-state index is -0.622. The zero-order chi connectivity index (χ0) is 13.9. The van der Waals surface area contributed by atoms with Gasteiger partial charge in [0.15, 0.2) is 0 Å². The van der Waals surface area contributed by atoms with Crippen LogP contribution in [0.3, 0.4) is 0 Å². The molecular weight excluding hydrogens is 252 g/mol. The Morgan fingerprint density at radius 2 is 2.06 bits per heavy atom. The quantitative estimate of drug-likeness (QED) is 0.818. The molecule has 0 bridgehead atoms. The van der Waals surface area contributed by atoms with Gasteiger partial charge in [0.25, 0.3) is 0 Å². The number of anilines is 1. The first kappa shape index (κ1) is 14.7. The summed E-state index contributed by atoms with van der Waals surface area (Å²) in [6, 6.07) is -0.622. The number of amides is 1. The fourth-order valence-electron chi connectivity index (χ4n) is 1.39. The van der Waals surface area contributed by atoms with Crippen LogP contribution in [0.25, 0.3) is 0 Å². The number of esters is 1. The second kappa shape index (κ2) is 5.97. The highest BCUT2D eigenvalue weighted by molar-refractivity contribution is 7.16. The SMILES string of the molecule is CCOC(=O)c1c(NC(=O)[C@H](C)N)sc(C)c1C. The van der Waals surface area contributed by atoms with Crippen LogP contribution in [0.15, 0.2) is 0 Å². The maximum Gasteiger partial charge on any atom is 0.341 e. The number of carbonyl (C=O) groups excluding carboxylic acids is 2. The molecule has 0 aliphatic rings. The Bertz CT molecular complexity index is 466. The molecule has 0 saturated carbocycles. The van der Waals surface area contributed by atoms with Gasteiger partial charge in [-0.15, -0.1) is 11.3 Å². The third-order valence-corrected chi connectivity index (χ3v) is 3.64. The standard InChI is InChI=1S/C12H18N2O3S/c1-5-17-12(16)9-6(2)8(4)18-11(9)14-10(15)7(3)13/h7H,5,13H2,1-4H3,(H,14,15)/t7-/m0/s1. The number of nitrogens with two attached hydrogens (primary N) is 1. The summed E-state index contributed by atoms with van der Waals surface area (Å²) in [5.74, 6) is -0.735. The van der Waals surface area contributed by atoms with Crippen LogP contribution in [0.2, 0.25) is 0 Å². The van der Waals surface area contributed by atoms with E-state index >= 15 is 0 Å². The fourth-order valence-corrected chi connectivity index (χ4v) is 2.44. The van der Waals surface area contributed by atoms with Gasteiger partial charge in [-0.1, -0.05) is 0 Å². The average molecular weight is 270 g/mol. The Balaban J connectivity index is 3.08. The van der Waals surface area contributed by atoms with Crippen molar-refractivity contribution < 1.29 is 14.3 Å². The predicted molar refractivity (Wildman–Crippen MR) is 72.0 cm³/mol. The van der Waals surface area contributed by atoms with Crippen molar-refractivity contribution in [3.63, 3.8) is 0 Å². The van der Waals surface area contributed by atoms with Crippen LogP contribution in [-0.2, 0) is 9.53 Å². The fraction of sp³-hybridized carbons (Fsp3) is 0.500. The summed E-state index contributed by atoms with van der Waals surface area (Å²) in [5.41, 5.74) is 6.75. The number of ether oxygens (including phenoxy) is 1. The number of thiophene rings is 1. The monoisotopic (exact) mass is 270 g/mol. The van der Waals surface area contributed by atoms with Gasteiger partial charge in [0, 0.05) is 4.88 Å². The van der Waals surface area contributed by atoms with E-state index in [2.05, 4.69) is 5.32 Å². The van der Waals surface area contributed by atoms with Gasteiger partial charge < -0.3 is 15.8 Å². The lowest BCUT2D eigenvalue weighted by molar-refractivity contribution is -0.117. The number of aryl methyl sites for hydroxylation is 1. The van der Waals surface area contributed by atoms with E-state index in [4.69, 9.17) is 10.5 Å². The third-order valence-electron chi connectivity index (χ3n) is 2.52. The minimum absolute atomic E-state index is 0.299. The van der Waals surface area contributed by atoms with Crippen molar-refractivity contribution in [1.29, 1.82) is 0 Å². The number of hydrogen-bond donors (Lipinski definition) is 2. The first-order valence-electron chi connectivity index (χ1n) is 5.72. The van der Waals surface area contributed by atoms with Gasteiger partial charge in [-0.25, -0.2) is 4.79 Å². The molecule has 0 aliphatic carbocycles. The summed E-state index contributed by atoms with van der Waals surface area (Å²) in [6.45, 7) is 7.36. The normalized spacial score (nSPS) is 12.1. The van der Waals surface area contributed by atoms with Crippen molar-refractivity contribution in [2.45, 2.75) is 33.7 Å². The van der Waals surface area contributed by atoms with Crippen molar-refractivity contribution in [3.8, 4) is 0 Å². The Kier molecular flexibility index (Phi) is 4.86. The maximum atomic E-state index is 11.9. The van der Waals surface area contributed by atoms with Gasteiger partial charge >= 0.3 is 5.97 Å². The smallest absolute Gasteiger partial charge is 0.341 e. The molecule has 18 heavy (non-hydrogen) atoms. The Hall–Kier alpha value is -1.40. The topological polar surface area (TPSA) is 81.4 Å². The van der Waals surface area contributed by atoms with E-state index in [1.165, 1.54) is 11.3 Å². The highest BCUT2D eigenvalue weighted by atomic mass is 32.1. The highest BCUT2D eigenvalue weighted by Crippen LogP contribution is 2.33. The molecule has 1 rings (SSSR count). The van der Waals surface area contributed by atoms with Crippen LogP contribution in [0.1, 0.15) is 34.6 Å². The van der Waals surface area contributed by atoms with E-state index in [-0.39, 0.29) is 5.91 Å². The molecule has 0 saturated heterocycles. The van der Waals surface area contributed by atoms with Crippen molar-refractivity contribution in [2.24, 2.45) is 5.73 Å². The summed E-state index contributed by atoms with van der Waals surface area (Å²) >= 11 is 1.35. The van der Waals surface area contributed by atoms with Crippen LogP contribution in [0.5, 0.6) is 0 Å². The summed E-state index contributed by atoms with van der Waals surface area (Å²) in [5, 5.41) is 3.17. The lowest BCUT2D eigenvalue weighted by Gasteiger charge is -2.08. The number of carbonyl (C=O) groups is 2. The number of nitrogens with one attached hydrogen (secondary N) is 1. The lowest BCUT2D eigenvalue weighted by Crippen LogP contribution is -2.32. The van der Waals surface area contributed by atoms with E-state index in [1.807, 2.05) is 13.8 Å². The number of hydrogen-bond acceptors (Lipinski definition) is 5. The van der Waals surface area contributed by atoms with Crippen molar-refractivity contribution in [2.75, 3.05) is 11.9 Å². The molecule has 1 amide bonds. The van der Waals surface area contributed by atoms with Gasteiger partial charge in [0.2, 0.25) is 5.91 Å². The van der Waals surface area contributed by atoms with Gasteiger partial charge in [-0.3, -0.25) is 4.79 Å². The molecule has 100 valence electrons. The Morgan fingerprint density at radius 3 is 2.56 bits per heavy atom. The molecule has 6 heteroatoms. The van der Waals surface area contributed by atoms with E-state index in [9.17, 15) is 9.59 Å². The van der Waals surface area contributed by atoms with E-state index in [1.54, 1.807) is 13.8 Å². The second-order valence-electron chi connectivity index (χ2n) is 3.99. The first-order valence-corrected chi connectivity index (χ1v) is 6.53. The molecule has 3 N–H and O–H groups in total. The predicted octanol–water partition coefficient (Wildman–Crippen LogP) is 1.83. The highest BCUT2D eigenvalue weighted by Gasteiger charge is 2.22. The molecular formula is C12H18N2O3S. The Labute approximate surface area is 110 Å². The van der Waals surface area contributed by atoms with E-state index in [0.717, 1.165) is 10.4 Å². The molecule has 1 aromatic rings. The largest absolute Gasteiger partial charge is 0.462 e. The van der Waals surface area contributed by atoms with Gasteiger partial charge in [0.05, 0.1) is 18.2 Å². The van der Waals surface area contributed by atoms with Crippen molar-refractivity contribution in [3.05, 3.63) is 16.0 Å². The number of rotatable bonds is 4. The molecule has 0 aromatic carbocycles. The van der Waals surface area contributed by atoms with Crippen molar-refractivity contribution >= 4 is 28.2 Å². The Morgan fingerprint density at radius 1 is 1.44 bits per heavy atom. The zero-order valence-corrected chi connectivity index (χ0v) is 11.8. The van der Waals surface area contributed by atoms with Crippen LogP contribution in [0, 0.1) is 13.8 Å². The first-order chi connectivity index (χ1) is 8.38. The van der Waals surface area contributed by atoms with E-state index in [0.29, 0.717) is 17.2 Å². The second-order valence-corrected chi connectivity index (χ2v) is 5.21. The summed E-state index contributed by atoms with van der Waals surface area (Å²) in [7, 11) is 0. The molecule has 0 unspecified atom stereocenters. The minimum Gasteiger partial charge on any atom is -0.462 e. The molecule has 0 aliphatic heterocycles. The summed E-state index contributed by atoms with van der Waals surface area (Å²) in [6.07, 6.45) is 0. The molecule has 5 nitrogen and oxygen atoms in total. The zero-order valence-electron chi connectivity index (χ0n) is 11.0. The van der Waals surface area contributed by atoms with Gasteiger partial charge in [0.1, 0.15) is 5.00 Å². The van der Waals surface area contributed by atoms with Crippen LogP contribution < -0.4 is 11.1 Å². The van der Waals surface area contributed by atoms with Crippen molar-refractivity contribution in [1.82, 2.24) is 0 Å². The lowest BCUT2D eigenvalue weighted by atomic mass is 10.1. The summed E-state index contributed by atoms with van der Waals surface area (Å²) in [4.78, 5) is 24.4. The molecule has 1 atom stereocenters. The van der Waals surface area contributed by atoms with Gasteiger partial charge in [-0.2, -0.15) is 0 Å². The molecule has 0 fully saturated rings. The van der Waals surface area contributed by atoms with E-state index < -0.39 is 12.0 Å². The maximum absolute atomic E-state index is 11.9. The molecule has 1 heterocycles. The van der Waals surface area contributed by atoms with Gasteiger partial charge in [-0.05, 0) is 33.3 Å².